The summed E-state index contributed by atoms with van der Waals surface area (Å²) in [5.74, 6) is 0. The molecule has 110 heavy (non-hydrogen) atoms. The van der Waals surface area contributed by atoms with Crippen LogP contribution >= 0.6 is 34.0 Å². The third-order valence-corrected chi connectivity index (χ3v) is 25.7. The quantitative estimate of drug-likeness (QED) is 0.115. The van der Waals surface area contributed by atoms with Crippen molar-refractivity contribution in [3.8, 4) is 77.9 Å². The van der Waals surface area contributed by atoms with Gasteiger partial charge in [0.25, 0.3) is 0 Å². The first-order valence-electron chi connectivity index (χ1n) is 37.4. The second-order valence-electron chi connectivity index (χ2n) is 28.6. The van der Waals surface area contributed by atoms with E-state index in [0.717, 1.165) is 117 Å². The summed E-state index contributed by atoms with van der Waals surface area (Å²) in [6, 6.07) is 143. The highest BCUT2D eigenvalue weighted by atomic mass is 32.1. The summed E-state index contributed by atoms with van der Waals surface area (Å²) < 4.78 is 14.9. The number of hydrogen-bond donors (Lipinski definition) is 0. The lowest BCUT2D eigenvalue weighted by Crippen LogP contribution is -2.11. The third-order valence-electron chi connectivity index (χ3n) is 22.3. The average Bonchev–Trinajstić information content (AvgIpc) is 1.46. The van der Waals surface area contributed by atoms with E-state index >= 15 is 0 Å². The second kappa shape index (κ2) is 26.2. The van der Waals surface area contributed by atoms with Crippen LogP contribution in [0.2, 0.25) is 0 Å². The van der Waals surface area contributed by atoms with Gasteiger partial charge in [0.2, 0.25) is 0 Å². The number of anilines is 6. The van der Waals surface area contributed by atoms with Gasteiger partial charge in [-0.15, -0.1) is 34.0 Å². The SMILES string of the molecule is c1cc(-c2ccc3sc4ccccc4c3c2)cc(N(c2ccc(-c3ccc(-c4ccc5c(-c6ccccc6N(c6ccc(-c7ccc8c(c7)sc7ccccc78)cc6)c6cccc(-c7ccc8sc9ccccc9c8c7)c6)cccc5c4)c4oc5ccccc5c34)cc2)c2ccccc2-c2cccc3ccccc23)c1. The summed E-state index contributed by atoms with van der Waals surface area (Å²) in [7, 11) is 0. The molecule has 0 N–H and O–H groups in total. The fourth-order valence-corrected chi connectivity index (χ4v) is 20.4. The molecule has 0 aliphatic carbocycles. The molecule has 0 radical (unpaired) electrons. The van der Waals surface area contributed by atoms with Crippen molar-refractivity contribution in [2.75, 3.05) is 9.80 Å². The van der Waals surface area contributed by atoms with Crippen LogP contribution in [-0.2, 0) is 0 Å². The molecule has 0 aliphatic heterocycles. The maximum absolute atomic E-state index is 7.10. The Kier molecular flexibility index (Phi) is 15.2. The molecule has 0 saturated carbocycles. The van der Waals surface area contributed by atoms with Gasteiger partial charge in [0.1, 0.15) is 11.2 Å². The van der Waals surface area contributed by atoms with Gasteiger partial charge in [-0.1, -0.05) is 261 Å². The van der Waals surface area contributed by atoms with E-state index in [4.69, 9.17) is 4.42 Å². The summed E-state index contributed by atoms with van der Waals surface area (Å²) in [6.07, 6.45) is 0. The van der Waals surface area contributed by atoms with E-state index in [9.17, 15) is 0 Å². The third kappa shape index (κ3) is 10.8. The van der Waals surface area contributed by atoms with E-state index in [2.05, 4.69) is 398 Å². The van der Waals surface area contributed by atoms with Crippen molar-refractivity contribution in [2.24, 2.45) is 0 Å². The Bertz CT molecular complexity index is 7430. The van der Waals surface area contributed by atoms with Crippen LogP contribution in [0.5, 0.6) is 0 Å². The van der Waals surface area contributed by atoms with E-state index < -0.39 is 0 Å². The molecule has 4 aromatic heterocycles. The summed E-state index contributed by atoms with van der Waals surface area (Å²) in [4.78, 5) is 4.89. The minimum atomic E-state index is 0.852. The van der Waals surface area contributed by atoms with Crippen molar-refractivity contribution in [2.45, 2.75) is 0 Å². The molecule has 0 unspecified atom stereocenters. The predicted octanol–water partition coefficient (Wildman–Crippen LogP) is 31.6. The molecule has 18 aromatic carbocycles. The van der Waals surface area contributed by atoms with Crippen LogP contribution in [0.15, 0.2) is 393 Å². The fraction of sp³-hybridized carbons (Fsp3) is 0. The highest BCUT2D eigenvalue weighted by Crippen LogP contribution is 2.50. The lowest BCUT2D eigenvalue weighted by molar-refractivity contribution is 0.670. The molecule has 0 fully saturated rings. The van der Waals surface area contributed by atoms with E-state index in [1.807, 2.05) is 34.0 Å². The van der Waals surface area contributed by atoms with Gasteiger partial charge in [-0.05, 0) is 210 Å². The lowest BCUT2D eigenvalue weighted by atomic mass is 9.91. The molecular weight excluding hydrogens is 1390 g/mol. The first-order valence-corrected chi connectivity index (χ1v) is 39.9. The molecule has 514 valence electrons. The van der Waals surface area contributed by atoms with Crippen LogP contribution in [0.4, 0.5) is 34.1 Å². The van der Waals surface area contributed by atoms with Crippen LogP contribution in [0, 0.1) is 0 Å². The molecule has 0 spiro atoms. The number of hydrogen-bond acceptors (Lipinski definition) is 6. The number of thiophene rings is 3. The van der Waals surface area contributed by atoms with E-state index in [1.165, 1.54) is 99.1 Å². The van der Waals surface area contributed by atoms with E-state index in [-0.39, 0.29) is 0 Å². The Balaban J connectivity index is 0.638. The van der Waals surface area contributed by atoms with Crippen molar-refractivity contribution in [1.29, 1.82) is 0 Å². The Morgan fingerprint density at radius 1 is 0.191 bits per heavy atom. The van der Waals surface area contributed by atoms with Crippen LogP contribution in [0.25, 0.3) is 182 Å². The number of para-hydroxylation sites is 3. The molecule has 22 aromatic rings. The predicted molar refractivity (Wildman–Crippen MR) is 475 cm³/mol. The maximum Gasteiger partial charge on any atom is 0.143 e. The lowest BCUT2D eigenvalue weighted by Gasteiger charge is -2.29. The van der Waals surface area contributed by atoms with Crippen molar-refractivity contribution in [3.05, 3.63) is 388 Å². The molecule has 4 heterocycles. The van der Waals surface area contributed by atoms with Crippen molar-refractivity contribution in [3.63, 3.8) is 0 Å². The van der Waals surface area contributed by atoms with Gasteiger partial charge in [-0.2, -0.15) is 0 Å². The zero-order valence-electron chi connectivity index (χ0n) is 59.5. The Labute approximate surface area is 647 Å². The van der Waals surface area contributed by atoms with Crippen LogP contribution in [0.3, 0.4) is 0 Å². The Morgan fingerprint density at radius 2 is 0.591 bits per heavy atom. The molecule has 22 rings (SSSR count). The van der Waals surface area contributed by atoms with Gasteiger partial charge in [-0.25, -0.2) is 0 Å². The number of nitrogens with zero attached hydrogens (tertiary/aromatic N) is 2. The van der Waals surface area contributed by atoms with Crippen LogP contribution in [0.1, 0.15) is 0 Å². The van der Waals surface area contributed by atoms with E-state index in [0.29, 0.717) is 0 Å². The summed E-state index contributed by atoms with van der Waals surface area (Å²) in [5.41, 5.74) is 24.1. The van der Waals surface area contributed by atoms with E-state index in [1.54, 1.807) is 0 Å². The van der Waals surface area contributed by atoms with Gasteiger partial charge in [0, 0.05) is 111 Å². The molecule has 0 saturated heterocycles. The second-order valence-corrected chi connectivity index (χ2v) is 31.8. The Hall–Kier alpha value is -13.5. The van der Waals surface area contributed by atoms with Gasteiger partial charge in [-0.3, -0.25) is 0 Å². The normalized spacial score (nSPS) is 11.8. The number of rotatable bonds is 13. The zero-order valence-corrected chi connectivity index (χ0v) is 61.9. The molecular formula is C104H64N2OS3. The molecule has 0 bridgehead atoms. The smallest absolute Gasteiger partial charge is 0.143 e. The standard InChI is InChI=1S/C104H64N2OS3/c1-2-26-79-66(19-1)20-17-33-83(79)85-27-3-9-35-94(85)106(78-25-16-22-69(61-78)71-48-58-101-93(63-71)89-31-8-14-40-99(89)109-101)76-51-43-67(44-52-76)81-55-56-82(104-103(81)91-32-5-11-37-96(91)107-104)74-46-53-80-73(59-74)23-18-34-84(80)86-28-4-10-36-95(86)105(75-49-41-65(42-50-75)72-45-54-90-87-29-6-12-38-97(87)110-102(90)64-72)77-24-15-21-68(60-77)70-47-57-100-92(62-70)88-30-7-13-39-98(88)108-100/h1-64H. The van der Waals surface area contributed by atoms with Crippen molar-refractivity contribution in [1.82, 2.24) is 0 Å². The Morgan fingerprint density at radius 3 is 1.21 bits per heavy atom. The molecule has 0 atom stereocenters. The highest BCUT2D eigenvalue weighted by Gasteiger charge is 2.25. The van der Waals surface area contributed by atoms with Gasteiger partial charge < -0.3 is 14.2 Å². The van der Waals surface area contributed by atoms with Crippen LogP contribution < -0.4 is 9.80 Å². The summed E-state index contributed by atoms with van der Waals surface area (Å²) >= 11 is 5.57. The first kappa shape index (κ1) is 63.8. The van der Waals surface area contributed by atoms with Crippen molar-refractivity contribution >= 4 is 172 Å². The number of benzene rings is 18. The van der Waals surface area contributed by atoms with Gasteiger partial charge in [0.15, 0.2) is 0 Å². The topological polar surface area (TPSA) is 19.6 Å². The highest BCUT2D eigenvalue weighted by molar-refractivity contribution is 7.26. The largest absolute Gasteiger partial charge is 0.455 e. The first-order chi connectivity index (χ1) is 54.5. The monoisotopic (exact) mass is 1450 g/mol. The van der Waals surface area contributed by atoms with Crippen LogP contribution in [-0.4, -0.2) is 0 Å². The number of furan rings is 1. The fourth-order valence-electron chi connectivity index (χ4n) is 17.0. The molecule has 3 nitrogen and oxygen atoms in total. The minimum absolute atomic E-state index is 0.852. The maximum atomic E-state index is 7.10. The average molecular weight is 1450 g/mol. The summed E-state index contributed by atoms with van der Waals surface area (Å²) in [5, 5.41) is 14.7. The number of fused-ring (bicyclic) bond motifs is 14. The molecule has 0 amide bonds. The van der Waals surface area contributed by atoms with Crippen molar-refractivity contribution < 1.29 is 4.42 Å². The molecule has 6 heteroatoms. The summed E-state index contributed by atoms with van der Waals surface area (Å²) in [6.45, 7) is 0. The minimum Gasteiger partial charge on any atom is -0.455 e. The van der Waals surface area contributed by atoms with Gasteiger partial charge in [0.05, 0.1) is 11.4 Å². The zero-order chi connectivity index (χ0) is 72.3. The molecule has 0 aliphatic rings. The van der Waals surface area contributed by atoms with Gasteiger partial charge >= 0.3 is 0 Å².